The van der Waals surface area contributed by atoms with Gasteiger partial charge in [-0.05, 0) is 19.1 Å². The summed E-state index contributed by atoms with van der Waals surface area (Å²) in [6, 6.07) is 6.02. The molecule has 9 heteroatoms. The maximum Gasteiger partial charge on any atom is 0.387 e. The summed E-state index contributed by atoms with van der Waals surface area (Å²) in [5.41, 5.74) is 0.197. The smallest absolute Gasteiger partial charge is 0.387 e. The molecule has 0 saturated carbocycles. The quantitative estimate of drug-likeness (QED) is 0.825. The number of para-hydroxylation sites is 2. The molecule has 1 aromatic carbocycles. The average Bonchev–Trinajstić information content (AvgIpc) is 2.78. The second-order valence-corrected chi connectivity index (χ2v) is 5.24. The normalized spacial score (nSPS) is 10.8. The fourth-order valence-electron chi connectivity index (χ4n) is 1.60. The molecule has 1 aromatic heterocycles. The number of alkyl halides is 2. The third-order valence-corrected chi connectivity index (χ3v) is 3.78. The van der Waals surface area contributed by atoms with Crippen molar-refractivity contribution in [3.8, 4) is 5.75 Å². The molecular formula is C13H14F2N4O2S. The summed E-state index contributed by atoms with van der Waals surface area (Å²) in [4.78, 5) is 11.9. The summed E-state index contributed by atoms with van der Waals surface area (Å²) in [5.74, 6) is 0.384. The van der Waals surface area contributed by atoms with Gasteiger partial charge < -0.3 is 14.6 Å². The van der Waals surface area contributed by atoms with Crippen LogP contribution in [0.4, 0.5) is 14.5 Å². The maximum absolute atomic E-state index is 12.3. The number of hydrogen-bond donors (Lipinski definition) is 1. The zero-order valence-corrected chi connectivity index (χ0v) is 12.7. The maximum atomic E-state index is 12.3. The van der Waals surface area contributed by atoms with Crippen LogP contribution in [0.25, 0.3) is 0 Å². The van der Waals surface area contributed by atoms with E-state index in [0.29, 0.717) is 5.16 Å². The lowest BCUT2D eigenvalue weighted by molar-refractivity contribution is -0.113. The number of rotatable bonds is 6. The summed E-state index contributed by atoms with van der Waals surface area (Å²) in [7, 11) is 1.79. The number of nitrogens with one attached hydrogen (secondary N) is 1. The monoisotopic (exact) mass is 328 g/mol. The van der Waals surface area contributed by atoms with Crippen LogP contribution in [0.1, 0.15) is 5.82 Å². The van der Waals surface area contributed by atoms with Crippen LogP contribution in [0.15, 0.2) is 29.4 Å². The van der Waals surface area contributed by atoms with Gasteiger partial charge in [-0.3, -0.25) is 4.79 Å². The minimum absolute atomic E-state index is 0.0784. The van der Waals surface area contributed by atoms with Gasteiger partial charge in [-0.15, -0.1) is 10.2 Å². The molecule has 2 aromatic rings. The van der Waals surface area contributed by atoms with Gasteiger partial charge >= 0.3 is 6.61 Å². The predicted molar refractivity (Wildman–Crippen MR) is 78.2 cm³/mol. The highest BCUT2D eigenvalue weighted by molar-refractivity contribution is 7.99. The molecule has 1 heterocycles. The molecule has 0 radical (unpaired) electrons. The second kappa shape index (κ2) is 7.21. The molecule has 0 spiro atoms. The molecule has 2 rings (SSSR count). The van der Waals surface area contributed by atoms with Crippen molar-refractivity contribution in [2.45, 2.75) is 18.7 Å². The lowest BCUT2D eigenvalue weighted by Gasteiger charge is -2.11. The highest BCUT2D eigenvalue weighted by atomic mass is 32.2. The molecule has 0 bridgehead atoms. The Morgan fingerprint density at radius 2 is 2.14 bits per heavy atom. The van der Waals surface area contributed by atoms with E-state index in [0.717, 1.165) is 5.82 Å². The Bertz CT molecular complexity index is 663. The van der Waals surface area contributed by atoms with Gasteiger partial charge in [0.2, 0.25) is 5.91 Å². The van der Waals surface area contributed by atoms with Crippen LogP contribution in [0.5, 0.6) is 5.75 Å². The number of anilines is 1. The Hall–Kier alpha value is -2.16. The highest BCUT2D eigenvalue weighted by Gasteiger charge is 2.13. The van der Waals surface area contributed by atoms with Gasteiger partial charge in [-0.2, -0.15) is 8.78 Å². The molecular weight excluding hydrogens is 314 g/mol. The Morgan fingerprint density at radius 1 is 1.41 bits per heavy atom. The number of carbonyl (C=O) groups is 1. The number of aryl methyl sites for hydroxylation is 1. The van der Waals surface area contributed by atoms with Gasteiger partial charge in [0.1, 0.15) is 11.6 Å². The number of ether oxygens (including phenoxy) is 1. The SMILES string of the molecule is Cc1nnc(SCC(=O)Nc2ccccc2OC(F)F)n1C. The van der Waals surface area contributed by atoms with Crippen LogP contribution in [0.3, 0.4) is 0 Å². The average molecular weight is 328 g/mol. The van der Waals surface area contributed by atoms with E-state index in [1.165, 1.54) is 23.9 Å². The van der Waals surface area contributed by atoms with Crippen molar-refractivity contribution in [3.05, 3.63) is 30.1 Å². The standard InChI is InChI=1S/C13H14F2N4O2S/c1-8-17-18-13(19(8)2)22-7-11(20)16-9-5-3-4-6-10(9)21-12(14)15/h3-6,12H,7H2,1-2H3,(H,16,20). The number of halogens is 2. The Balaban J connectivity index is 1.96. The van der Waals surface area contributed by atoms with Crippen LogP contribution >= 0.6 is 11.8 Å². The number of amides is 1. The van der Waals surface area contributed by atoms with E-state index in [2.05, 4.69) is 20.3 Å². The number of benzene rings is 1. The summed E-state index contributed by atoms with van der Waals surface area (Å²) < 4.78 is 30.7. The van der Waals surface area contributed by atoms with Gasteiger partial charge in [0.25, 0.3) is 0 Å². The number of hydrogen-bond acceptors (Lipinski definition) is 5. The molecule has 0 atom stereocenters. The minimum Gasteiger partial charge on any atom is -0.433 e. The van der Waals surface area contributed by atoms with Crippen LogP contribution in [-0.2, 0) is 11.8 Å². The van der Waals surface area contributed by atoms with E-state index in [-0.39, 0.29) is 23.1 Å². The molecule has 118 valence electrons. The van der Waals surface area contributed by atoms with Crippen molar-refractivity contribution < 1.29 is 18.3 Å². The first-order valence-electron chi connectivity index (χ1n) is 6.30. The molecule has 1 amide bonds. The van der Waals surface area contributed by atoms with E-state index >= 15 is 0 Å². The minimum atomic E-state index is -2.95. The van der Waals surface area contributed by atoms with Gasteiger partial charge in [-0.1, -0.05) is 23.9 Å². The number of thioether (sulfide) groups is 1. The van der Waals surface area contributed by atoms with Crippen molar-refractivity contribution in [1.29, 1.82) is 0 Å². The fourth-order valence-corrected chi connectivity index (χ4v) is 2.36. The van der Waals surface area contributed by atoms with Crippen molar-refractivity contribution in [2.75, 3.05) is 11.1 Å². The molecule has 0 aliphatic rings. The highest BCUT2D eigenvalue weighted by Crippen LogP contribution is 2.26. The Kier molecular flexibility index (Phi) is 5.31. The summed E-state index contributed by atoms with van der Waals surface area (Å²) >= 11 is 1.20. The Labute approximate surface area is 129 Å². The van der Waals surface area contributed by atoms with Crippen LogP contribution in [-0.4, -0.2) is 33.0 Å². The summed E-state index contributed by atoms with van der Waals surface area (Å²) in [6.07, 6.45) is 0. The number of aromatic nitrogens is 3. The van der Waals surface area contributed by atoms with E-state index < -0.39 is 6.61 Å². The van der Waals surface area contributed by atoms with Crippen LogP contribution < -0.4 is 10.1 Å². The van der Waals surface area contributed by atoms with Gasteiger partial charge in [0.15, 0.2) is 5.16 Å². The first-order valence-corrected chi connectivity index (χ1v) is 7.28. The predicted octanol–water partition coefficient (Wildman–Crippen LogP) is 2.46. The number of carbonyl (C=O) groups excluding carboxylic acids is 1. The summed E-state index contributed by atoms with van der Waals surface area (Å²) in [6.45, 7) is -1.15. The molecule has 0 unspecified atom stereocenters. The third kappa shape index (κ3) is 4.17. The van der Waals surface area contributed by atoms with E-state index in [4.69, 9.17) is 0 Å². The molecule has 0 fully saturated rings. The van der Waals surface area contributed by atoms with E-state index in [1.54, 1.807) is 30.7 Å². The van der Waals surface area contributed by atoms with Crippen LogP contribution in [0.2, 0.25) is 0 Å². The molecule has 0 saturated heterocycles. The molecule has 22 heavy (non-hydrogen) atoms. The zero-order chi connectivity index (χ0) is 16.1. The molecule has 0 aliphatic carbocycles. The lowest BCUT2D eigenvalue weighted by Crippen LogP contribution is -2.16. The summed E-state index contributed by atoms with van der Waals surface area (Å²) in [5, 5.41) is 10.9. The first kappa shape index (κ1) is 16.2. The lowest BCUT2D eigenvalue weighted by atomic mass is 10.3. The molecule has 6 nitrogen and oxygen atoms in total. The largest absolute Gasteiger partial charge is 0.433 e. The van der Waals surface area contributed by atoms with E-state index in [9.17, 15) is 13.6 Å². The first-order chi connectivity index (χ1) is 10.5. The molecule has 0 aliphatic heterocycles. The Morgan fingerprint density at radius 3 is 2.77 bits per heavy atom. The van der Waals surface area contributed by atoms with Crippen molar-refractivity contribution >= 4 is 23.4 Å². The third-order valence-electron chi connectivity index (χ3n) is 2.76. The number of nitrogens with zero attached hydrogens (tertiary/aromatic N) is 3. The second-order valence-electron chi connectivity index (χ2n) is 4.30. The van der Waals surface area contributed by atoms with Gasteiger partial charge in [0.05, 0.1) is 11.4 Å². The fraction of sp³-hybridized carbons (Fsp3) is 0.308. The van der Waals surface area contributed by atoms with Crippen molar-refractivity contribution in [1.82, 2.24) is 14.8 Å². The van der Waals surface area contributed by atoms with Gasteiger partial charge in [0, 0.05) is 7.05 Å². The topological polar surface area (TPSA) is 69.0 Å². The van der Waals surface area contributed by atoms with E-state index in [1.807, 2.05) is 0 Å². The van der Waals surface area contributed by atoms with Gasteiger partial charge in [-0.25, -0.2) is 0 Å². The van der Waals surface area contributed by atoms with Crippen LogP contribution in [0, 0.1) is 6.92 Å². The molecule has 1 N–H and O–H groups in total. The zero-order valence-electron chi connectivity index (χ0n) is 11.9. The van der Waals surface area contributed by atoms with Crippen molar-refractivity contribution in [3.63, 3.8) is 0 Å². The van der Waals surface area contributed by atoms with Crippen molar-refractivity contribution in [2.24, 2.45) is 7.05 Å².